The molecule has 0 aliphatic carbocycles. The van der Waals surface area contributed by atoms with E-state index >= 15 is 0 Å². The zero-order chi connectivity index (χ0) is 13.1. The summed E-state index contributed by atoms with van der Waals surface area (Å²) in [5.41, 5.74) is 7.19. The molecule has 0 bridgehead atoms. The van der Waals surface area contributed by atoms with Crippen LogP contribution in [0, 0.1) is 0 Å². The van der Waals surface area contributed by atoms with Gasteiger partial charge in [-0.15, -0.1) is 0 Å². The fraction of sp³-hybridized carbons (Fsp3) is 0.571. The Balaban J connectivity index is 2.21. The molecule has 2 unspecified atom stereocenters. The van der Waals surface area contributed by atoms with Gasteiger partial charge >= 0.3 is 0 Å². The number of hydrogen-bond acceptors (Lipinski definition) is 3. The van der Waals surface area contributed by atoms with Crippen molar-refractivity contribution in [2.24, 2.45) is 5.73 Å². The maximum atomic E-state index is 5.90. The van der Waals surface area contributed by atoms with Crippen LogP contribution < -0.4 is 10.6 Å². The van der Waals surface area contributed by atoms with Gasteiger partial charge in [0.1, 0.15) is 0 Å². The summed E-state index contributed by atoms with van der Waals surface area (Å²) in [7, 11) is 2.18. The average Bonchev–Trinajstić information content (AvgIpc) is 2.51. The van der Waals surface area contributed by atoms with Crippen LogP contribution in [0.25, 0.3) is 0 Å². The molecule has 1 aliphatic rings. The smallest absolute Gasteiger partial charge is 0.0390 e. The maximum absolute atomic E-state index is 5.90. The molecule has 4 heteroatoms. The minimum absolute atomic E-state index is 0.443. The zero-order valence-corrected chi connectivity index (χ0v) is 12.7. The van der Waals surface area contributed by atoms with E-state index in [9.17, 15) is 0 Å². The largest absolute Gasteiger partial charge is 0.367 e. The second-order valence-electron chi connectivity index (χ2n) is 5.14. The van der Waals surface area contributed by atoms with Gasteiger partial charge in [-0.1, -0.05) is 15.9 Å². The summed E-state index contributed by atoms with van der Waals surface area (Å²) in [6, 6.07) is 9.57. The first-order valence-corrected chi connectivity index (χ1v) is 7.33. The van der Waals surface area contributed by atoms with Gasteiger partial charge in [0.2, 0.25) is 0 Å². The fourth-order valence-corrected chi connectivity index (χ4v) is 2.79. The van der Waals surface area contributed by atoms with Crippen LogP contribution in [0.2, 0.25) is 0 Å². The minimum Gasteiger partial charge on any atom is -0.367 e. The Bertz CT molecular complexity index is 379. The van der Waals surface area contributed by atoms with Crippen LogP contribution in [-0.4, -0.2) is 43.7 Å². The molecule has 1 heterocycles. The third-order valence-corrected chi connectivity index (χ3v) is 4.42. The predicted molar refractivity (Wildman–Crippen MR) is 81.0 cm³/mol. The Morgan fingerprint density at radius 2 is 2.00 bits per heavy atom. The number of benzene rings is 1. The zero-order valence-electron chi connectivity index (χ0n) is 11.1. The Kier molecular flexibility index (Phi) is 4.65. The summed E-state index contributed by atoms with van der Waals surface area (Å²) in [6.07, 6.45) is 1.18. The number of nitrogens with two attached hydrogens (primary N) is 1. The Morgan fingerprint density at radius 3 is 2.61 bits per heavy atom. The molecule has 1 aromatic carbocycles. The number of nitrogens with zero attached hydrogens (tertiary/aromatic N) is 2. The van der Waals surface area contributed by atoms with E-state index in [1.165, 1.54) is 12.1 Å². The molecule has 1 aromatic rings. The number of anilines is 1. The number of halogens is 1. The molecular formula is C14H22BrN3. The van der Waals surface area contributed by atoms with E-state index in [1.54, 1.807) is 0 Å². The van der Waals surface area contributed by atoms with Gasteiger partial charge in [0.15, 0.2) is 0 Å². The van der Waals surface area contributed by atoms with Gasteiger partial charge in [-0.2, -0.15) is 0 Å². The van der Waals surface area contributed by atoms with Crippen molar-refractivity contribution in [1.82, 2.24) is 4.90 Å². The van der Waals surface area contributed by atoms with Crippen LogP contribution in [0.15, 0.2) is 28.7 Å². The van der Waals surface area contributed by atoms with Crippen LogP contribution in [0.3, 0.4) is 0 Å². The van der Waals surface area contributed by atoms with E-state index in [4.69, 9.17) is 5.73 Å². The van der Waals surface area contributed by atoms with E-state index in [0.717, 1.165) is 24.1 Å². The molecule has 0 radical (unpaired) electrons. The lowest BCUT2D eigenvalue weighted by atomic mass is 10.1. The van der Waals surface area contributed by atoms with E-state index in [1.807, 2.05) is 0 Å². The third kappa shape index (κ3) is 3.05. The summed E-state index contributed by atoms with van der Waals surface area (Å²) >= 11 is 3.49. The molecule has 3 nitrogen and oxygen atoms in total. The molecule has 1 fully saturated rings. The van der Waals surface area contributed by atoms with Crippen molar-refractivity contribution in [2.75, 3.05) is 31.6 Å². The van der Waals surface area contributed by atoms with Gasteiger partial charge in [-0.25, -0.2) is 0 Å². The summed E-state index contributed by atoms with van der Waals surface area (Å²) in [4.78, 5) is 4.86. The monoisotopic (exact) mass is 311 g/mol. The van der Waals surface area contributed by atoms with Crippen LogP contribution in [0.5, 0.6) is 0 Å². The maximum Gasteiger partial charge on any atom is 0.0390 e. The molecule has 2 N–H and O–H groups in total. The van der Waals surface area contributed by atoms with Crippen LogP contribution in [0.4, 0.5) is 5.69 Å². The van der Waals surface area contributed by atoms with E-state index in [0.29, 0.717) is 12.1 Å². The second-order valence-corrected chi connectivity index (χ2v) is 6.05. The SMILES string of the molecule is CC1CCN(C)C(CN)CN1c1ccc(Br)cc1. The van der Waals surface area contributed by atoms with Crippen LogP contribution >= 0.6 is 15.9 Å². The van der Waals surface area contributed by atoms with Crippen molar-refractivity contribution >= 4 is 21.6 Å². The van der Waals surface area contributed by atoms with Gasteiger partial charge in [-0.05, 0) is 44.7 Å². The molecule has 18 heavy (non-hydrogen) atoms. The summed E-state index contributed by atoms with van der Waals surface area (Å²) < 4.78 is 1.13. The van der Waals surface area contributed by atoms with Crippen molar-refractivity contribution in [3.63, 3.8) is 0 Å². The lowest BCUT2D eigenvalue weighted by Crippen LogP contribution is -2.45. The highest BCUT2D eigenvalue weighted by Gasteiger charge is 2.25. The average molecular weight is 312 g/mol. The predicted octanol–water partition coefficient (Wildman–Crippen LogP) is 2.31. The molecule has 0 saturated carbocycles. The van der Waals surface area contributed by atoms with Gasteiger partial charge < -0.3 is 15.5 Å². The van der Waals surface area contributed by atoms with Gasteiger partial charge in [0.05, 0.1) is 0 Å². The first kappa shape index (κ1) is 13.8. The molecule has 1 aliphatic heterocycles. The first-order valence-electron chi connectivity index (χ1n) is 6.54. The van der Waals surface area contributed by atoms with E-state index in [-0.39, 0.29) is 0 Å². The highest BCUT2D eigenvalue weighted by Crippen LogP contribution is 2.24. The van der Waals surface area contributed by atoms with E-state index in [2.05, 4.69) is 64.0 Å². The van der Waals surface area contributed by atoms with Crippen molar-refractivity contribution in [3.8, 4) is 0 Å². The third-order valence-electron chi connectivity index (χ3n) is 3.89. The Morgan fingerprint density at radius 1 is 1.33 bits per heavy atom. The standard InChI is InChI=1S/C14H22BrN3/c1-11-7-8-17(2)14(9-16)10-18(11)13-5-3-12(15)4-6-13/h3-6,11,14H,7-10,16H2,1-2H3. The van der Waals surface area contributed by atoms with Crippen molar-refractivity contribution in [1.29, 1.82) is 0 Å². The fourth-order valence-electron chi connectivity index (χ4n) is 2.52. The van der Waals surface area contributed by atoms with Crippen molar-refractivity contribution in [3.05, 3.63) is 28.7 Å². The summed E-state index contributed by atoms with van der Waals surface area (Å²) in [6.45, 7) is 5.15. The molecule has 2 rings (SSSR count). The van der Waals surface area contributed by atoms with Crippen LogP contribution in [-0.2, 0) is 0 Å². The van der Waals surface area contributed by atoms with Crippen molar-refractivity contribution in [2.45, 2.75) is 25.4 Å². The molecule has 1 saturated heterocycles. The van der Waals surface area contributed by atoms with E-state index < -0.39 is 0 Å². The Labute approximate surface area is 118 Å². The van der Waals surface area contributed by atoms with Gasteiger partial charge in [-0.3, -0.25) is 0 Å². The molecule has 100 valence electrons. The lowest BCUT2D eigenvalue weighted by Gasteiger charge is -2.32. The molecule has 2 atom stereocenters. The Hall–Kier alpha value is -0.580. The molecule has 0 spiro atoms. The minimum atomic E-state index is 0.443. The highest BCUT2D eigenvalue weighted by molar-refractivity contribution is 9.10. The number of likely N-dealkylation sites (N-methyl/N-ethyl adjacent to an activating group) is 1. The summed E-state index contributed by atoms with van der Waals surface area (Å²) in [5.74, 6) is 0. The van der Waals surface area contributed by atoms with Crippen molar-refractivity contribution < 1.29 is 0 Å². The lowest BCUT2D eigenvalue weighted by molar-refractivity contribution is 0.265. The second kappa shape index (κ2) is 6.04. The molecule has 0 amide bonds. The molecular weight excluding hydrogens is 290 g/mol. The molecule has 0 aromatic heterocycles. The van der Waals surface area contributed by atoms with Crippen LogP contribution in [0.1, 0.15) is 13.3 Å². The summed E-state index contributed by atoms with van der Waals surface area (Å²) in [5, 5.41) is 0. The first-order chi connectivity index (χ1) is 8.61. The number of hydrogen-bond donors (Lipinski definition) is 1. The topological polar surface area (TPSA) is 32.5 Å². The number of rotatable bonds is 2. The van der Waals surface area contributed by atoms with Gasteiger partial charge in [0.25, 0.3) is 0 Å². The van der Waals surface area contributed by atoms with Gasteiger partial charge in [0, 0.05) is 41.9 Å². The highest BCUT2D eigenvalue weighted by atomic mass is 79.9. The quantitative estimate of drug-likeness (QED) is 0.909. The normalized spacial score (nSPS) is 26.1.